The maximum atomic E-state index is 11.9. The Labute approximate surface area is 145 Å². The first kappa shape index (κ1) is 19.8. The van der Waals surface area contributed by atoms with Crippen LogP contribution in [0.15, 0.2) is 24.3 Å². The van der Waals surface area contributed by atoms with Crippen LogP contribution in [-0.4, -0.2) is 43.7 Å². The van der Waals surface area contributed by atoms with Gasteiger partial charge in [-0.15, -0.1) is 12.4 Å². The topological polar surface area (TPSA) is 38.8 Å². The fraction of sp³-hybridized carbons (Fsp3) is 0.611. The Balaban J connectivity index is 0.00000264. The first-order chi connectivity index (χ1) is 10.8. The number of likely N-dealkylation sites (tertiary alicyclic amines) is 1. The van der Waals surface area contributed by atoms with Gasteiger partial charge in [0.1, 0.15) is 5.75 Å². The molecule has 0 radical (unpaired) electrons. The molecule has 1 aromatic rings. The van der Waals surface area contributed by atoms with E-state index < -0.39 is 0 Å². The fourth-order valence-corrected chi connectivity index (χ4v) is 2.60. The molecular formula is C18H28ClNO3. The highest BCUT2D eigenvalue weighted by atomic mass is 35.5. The molecule has 1 heterocycles. The van der Waals surface area contributed by atoms with Gasteiger partial charge in [0, 0.05) is 0 Å². The van der Waals surface area contributed by atoms with Crippen LogP contribution in [0.4, 0.5) is 0 Å². The van der Waals surface area contributed by atoms with E-state index in [-0.39, 0.29) is 18.4 Å². The van der Waals surface area contributed by atoms with Gasteiger partial charge in [0.15, 0.2) is 0 Å². The number of carbonyl (C=O) groups excluding carboxylic acids is 1. The second kappa shape index (κ2) is 11.3. The van der Waals surface area contributed by atoms with Gasteiger partial charge in [-0.1, -0.05) is 6.92 Å². The molecule has 0 spiro atoms. The molecule has 1 aliphatic heterocycles. The maximum absolute atomic E-state index is 11.9. The maximum Gasteiger partial charge on any atom is 0.338 e. The molecule has 0 amide bonds. The predicted octanol–water partition coefficient (Wildman–Crippen LogP) is 3.93. The van der Waals surface area contributed by atoms with E-state index in [4.69, 9.17) is 9.47 Å². The number of rotatable bonds is 9. The van der Waals surface area contributed by atoms with Crippen LogP contribution in [0.25, 0.3) is 0 Å². The van der Waals surface area contributed by atoms with Crippen molar-refractivity contribution in [3.8, 4) is 5.75 Å². The lowest BCUT2D eigenvalue weighted by molar-refractivity contribution is 0.0496. The van der Waals surface area contributed by atoms with Crippen molar-refractivity contribution in [1.29, 1.82) is 0 Å². The van der Waals surface area contributed by atoms with Crippen LogP contribution in [0.1, 0.15) is 49.4 Å². The summed E-state index contributed by atoms with van der Waals surface area (Å²) in [5.41, 5.74) is 0.586. The van der Waals surface area contributed by atoms with Crippen LogP contribution in [0.2, 0.25) is 0 Å². The zero-order valence-corrected chi connectivity index (χ0v) is 14.8. The highest BCUT2D eigenvalue weighted by Gasteiger charge is 2.11. The lowest BCUT2D eigenvalue weighted by Gasteiger charge is -2.13. The number of halogens is 1. The number of ether oxygens (including phenoxy) is 2. The smallest absolute Gasteiger partial charge is 0.338 e. The molecular weight excluding hydrogens is 314 g/mol. The van der Waals surface area contributed by atoms with E-state index in [0.29, 0.717) is 18.8 Å². The average Bonchev–Trinajstić information content (AvgIpc) is 3.06. The SMILES string of the molecule is CCCOc1ccc(C(=O)OCCCCN2CCCC2)cc1.Cl. The Bertz CT molecular complexity index is 444. The normalized spacial score (nSPS) is 14.3. The quantitative estimate of drug-likeness (QED) is 0.504. The molecule has 2 rings (SSSR count). The molecule has 1 aromatic carbocycles. The van der Waals surface area contributed by atoms with Crippen molar-refractivity contribution < 1.29 is 14.3 Å². The minimum atomic E-state index is -0.247. The van der Waals surface area contributed by atoms with E-state index in [1.54, 1.807) is 12.1 Å². The molecule has 4 nitrogen and oxygen atoms in total. The van der Waals surface area contributed by atoms with Gasteiger partial charge in [0.2, 0.25) is 0 Å². The summed E-state index contributed by atoms with van der Waals surface area (Å²) in [5.74, 6) is 0.548. The molecule has 0 aromatic heterocycles. The molecule has 0 aliphatic carbocycles. The number of unbranched alkanes of at least 4 members (excludes halogenated alkanes) is 1. The third kappa shape index (κ3) is 7.23. The Morgan fingerprint density at radius 2 is 1.78 bits per heavy atom. The average molecular weight is 342 g/mol. The molecule has 23 heavy (non-hydrogen) atoms. The van der Waals surface area contributed by atoms with Crippen LogP contribution in [0, 0.1) is 0 Å². The highest BCUT2D eigenvalue weighted by molar-refractivity contribution is 5.89. The van der Waals surface area contributed by atoms with Crippen molar-refractivity contribution in [2.45, 2.75) is 39.0 Å². The fourth-order valence-electron chi connectivity index (χ4n) is 2.60. The van der Waals surface area contributed by atoms with Crippen molar-refractivity contribution in [2.75, 3.05) is 32.8 Å². The van der Waals surface area contributed by atoms with Crippen LogP contribution >= 0.6 is 12.4 Å². The molecule has 0 bridgehead atoms. The van der Waals surface area contributed by atoms with E-state index in [2.05, 4.69) is 11.8 Å². The van der Waals surface area contributed by atoms with Gasteiger partial charge < -0.3 is 14.4 Å². The third-order valence-corrected chi connectivity index (χ3v) is 3.86. The predicted molar refractivity (Wildman–Crippen MR) is 94.7 cm³/mol. The van der Waals surface area contributed by atoms with Gasteiger partial charge in [0.25, 0.3) is 0 Å². The van der Waals surface area contributed by atoms with Gasteiger partial charge >= 0.3 is 5.97 Å². The van der Waals surface area contributed by atoms with Gasteiger partial charge in [0.05, 0.1) is 18.8 Å². The molecule has 0 unspecified atom stereocenters. The summed E-state index contributed by atoms with van der Waals surface area (Å²) < 4.78 is 10.8. The van der Waals surface area contributed by atoms with Crippen molar-refractivity contribution in [1.82, 2.24) is 4.90 Å². The zero-order valence-electron chi connectivity index (χ0n) is 14.0. The monoisotopic (exact) mass is 341 g/mol. The van der Waals surface area contributed by atoms with Crippen LogP contribution < -0.4 is 4.74 Å². The third-order valence-electron chi connectivity index (χ3n) is 3.86. The van der Waals surface area contributed by atoms with E-state index in [1.165, 1.54) is 25.9 Å². The second-order valence-corrected chi connectivity index (χ2v) is 5.76. The summed E-state index contributed by atoms with van der Waals surface area (Å²) in [5, 5.41) is 0. The van der Waals surface area contributed by atoms with E-state index in [9.17, 15) is 4.79 Å². The minimum Gasteiger partial charge on any atom is -0.494 e. The number of hydrogen-bond donors (Lipinski definition) is 0. The van der Waals surface area contributed by atoms with Crippen molar-refractivity contribution >= 4 is 18.4 Å². The van der Waals surface area contributed by atoms with E-state index in [0.717, 1.165) is 31.6 Å². The Kier molecular flexibility index (Phi) is 9.72. The molecule has 1 aliphatic rings. The summed E-state index contributed by atoms with van der Waals surface area (Å²) in [4.78, 5) is 14.4. The summed E-state index contributed by atoms with van der Waals surface area (Å²) in [6.45, 7) is 6.84. The molecule has 5 heteroatoms. The van der Waals surface area contributed by atoms with Crippen LogP contribution in [-0.2, 0) is 4.74 Å². The molecule has 0 saturated carbocycles. The summed E-state index contributed by atoms with van der Waals surface area (Å²) >= 11 is 0. The molecule has 130 valence electrons. The second-order valence-electron chi connectivity index (χ2n) is 5.76. The summed E-state index contributed by atoms with van der Waals surface area (Å²) in [6.07, 6.45) is 5.65. The lowest BCUT2D eigenvalue weighted by Crippen LogP contribution is -2.20. The van der Waals surface area contributed by atoms with Crippen molar-refractivity contribution in [2.24, 2.45) is 0 Å². The first-order valence-electron chi connectivity index (χ1n) is 8.42. The van der Waals surface area contributed by atoms with Gasteiger partial charge in [-0.2, -0.15) is 0 Å². The number of esters is 1. The van der Waals surface area contributed by atoms with Gasteiger partial charge in [-0.25, -0.2) is 4.79 Å². The van der Waals surface area contributed by atoms with E-state index >= 15 is 0 Å². The lowest BCUT2D eigenvalue weighted by atomic mass is 10.2. The largest absolute Gasteiger partial charge is 0.494 e. The molecule has 1 fully saturated rings. The summed E-state index contributed by atoms with van der Waals surface area (Å²) in [6, 6.07) is 7.16. The minimum absolute atomic E-state index is 0. The zero-order chi connectivity index (χ0) is 15.6. The van der Waals surface area contributed by atoms with Crippen molar-refractivity contribution in [3.63, 3.8) is 0 Å². The summed E-state index contributed by atoms with van der Waals surface area (Å²) in [7, 11) is 0. The Hall–Kier alpha value is -1.26. The van der Waals surface area contributed by atoms with Gasteiger partial charge in [-0.3, -0.25) is 0 Å². The number of hydrogen-bond acceptors (Lipinski definition) is 4. The van der Waals surface area contributed by atoms with Crippen molar-refractivity contribution in [3.05, 3.63) is 29.8 Å². The van der Waals surface area contributed by atoms with Crippen LogP contribution in [0.3, 0.4) is 0 Å². The van der Waals surface area contributed by atoms with Crippen LogP contribution in [0.5, 0.6) is 5.75 Å². The highest BCUT2D eigenvalue weighted by Crippen LogP contribution is 2.13. The van der Waals surface area contributed by atoms with Gasteiger partial charge in [-0.05, 0) is 76.0 Å². The first-order valence-corrected chi connectivity index (χ1v) is 8.42. The van der Waals surface area contributed by atoms with E-state index in [1.807, 2.05) is 12.1 Å². The number of benzene rings is 1. The number of nitrogens with zero attached hydrogens (tertiary/aromatic N) is 1. The Morgan fingerprint density at radius 1 is 1.09 bits per heavy atom. The molecule has 0 N–H and O–H groups in total. The molecule has 1 saturated heterocycles. The molecule has 0 atom stereocenters. The Morgan fingerprint density at radius 3 is 2.43 bits per heavy atom. The standard InChI is InChI=1S/C18H27NO3.ClH/c1-2-14-21-17-9-7-16(8-10-17)18(20)22-15-6-5-13-19-11-3-4-12-19;/h7-10H,2-6,11-15H2,1H3;1H. The number of carbonyl (C=O) groups is 1.